The van der Waals surface area contributed by atoms with Gasteiger partial charge in [-0.15, -0.1) is 0 Å². The third kappa shape index (κ3) is 6.70. The maximum absolute atomic E-state index is 13.0. The number of halogens is 6. The Morgan fingerprint density at radius 3 is 1.84 bits per heavy atom. The second-order valence-corrected chi connectivity index (χ2v) is 8.68. The molecule has 2 aromatic carbocycles. The van der Waals surface area contributed by atoms with Crippen LogP contribution in [-0.4, -0.2) is 27.1 Å². The Morgan fingerprint density at radius 1 is 0.906 bits per heavy atom. The van der Waals surface area contributed by atoms with Crippen LogP contribution in [0, 0.1) is 0 Å². The predicted octanol–water partition coefficient (Wildman–Crippen LogP) is 4.27. The van der Waals surface area contributed by atoms with E-state index in [9.17, 15) is 39.6 Å². The molecule has 0 aliphatic rings. The molecule has 32 heavy (non-hydrogen) atoms. The van der Waals surface area contributed by atoms with Crippen molar-refractivity contribution in [1.82, 2.24) is 5.32 Å². The van der Waals surface area contributed by atoms with E-state index in [2.05, 4.69) is 5.32 Å². The lowest BCUT2D eigenvalue weighted by Gasteiger charge is -2.27. The highest BCUT2D eigenvalue weighted by Crippen LogP contribution is 2.36. The summed E-state index contributed by atoms with van der Waals surface area (Å²) in [6, 6.07) is 8.69. The summed E-state index contributed by atoms with van der Waals surface area (Å²) in [5.41, 5.74) is -5.06. The molecule has 1 N–H and O–H groups in total. The van der Waals surface area contributed by atoms with Gasteiger partial charge in [-0.05, 0) is 42.7 Å². The molecule has 176 valence electrons. The molecule has 1 unspecified atom stereocenters. The molecule has 5 nitrogen and oxygen atoms in total. The summed E-state index contributed by atoms with van der Waals surface area (Å²) in [5, 5.41) is 2.32. The van der Waals surface area contributed by atoms with E-state index >= 15 is 0 Å². The van der Waals surface area contributed by atoms with Crippen molar-refractivity contribution in [2.24, 2.45) is 0 Å². The van der Waals surface area contributed by atoms with Crippen LogP contribution in [0.25, 0.3) is 0 Å². The fourth-order valence-electron chi connectivity index (χ4n) is 2.93. The van der Waals surface area contributed by atoms with E-state index in [0.29, 0.717) is 12.1 Å². The second-order valence-electron chi connectivity index (χ2n) is 7.11. The number of amides is 1. The SMILES string of the molecule is CC(OS(C)(=O)=O)(C(=O)NCCc1cc(C(F)(F)F)cc(C(F)(F)F)c1)c1ccccc1. The van der Waals surface area contributed by atoms with E-state index in [4.69, 9.17) is 4.18 Å². The molecular weight excluding hydrogens is 464 g/mol. The molecule has 0 aliphatic carbocycles. The topological polar surface area (TPSA) is 72.5 Å². The smallest absolute Gasteiger partial charge is 0.353 e. The molecule has 12 heteroatoms. The first-order valence-corrected chi connectivity index (χ1v) is 10.9. The van der Waals surface area contributed by atoms with E-state index in [1.807, 2.05) is 0 Å². The van der Waals surface area contributed by atoms with Crippen molar-refractivity contribution >= 4 is 16.0 Å². The Hall–Kier alpha value is -2.60. The van der Waals surface area contributed by atoms with E-state index < -0.39 is 45.1 Å². The lowest BCUT2D eigenvalue weighted by Crippen LogP contribution is -2.46. The summed E-state index contributed by atoms with van der Waals surface area (Å²) in [4.78, 5) is 12.7. The Bertz CT molecular complexity index is 1040. The van der Waals surface area contributed by atoms with Crippen LogP contribution in [0.1, 0.15) is 29.2 Å². The predicted molar refractivity (Wildman–Crippen MR) is 103 cm³/mol. The van der Waals surface area contributed by atoms with E-state index in [1.54, 1.807) is 6.07 Å². The summed E-state index contributed by atoms with van der Waals surface area (Å²) in [5.74, 6) is -0.933. The number of carbonyl (C=O) groups excluding carboxylic acids is 1. The molecule has 0 saturated heterocycles. The minimum absolute atomic E-state index is 0.00843. The zero-order valence-corrected chi connectivity index (χ0v) is 17.7. The summed E-state index contributed by atoms with van der Waals surface area (Å²) in [6.07, 6.45) is -9.62. The van der Waals surface area contributed by atoms with Crippen LogP contribution in [0.2, 0.25) is 0 Å². The van der Waals surface area contributed by atoms with Crippen LogP contribution in [0.5, 0.6) is 0 Å². The van der Waals surface area contributed by atoms with Crippen molar-refractivity contribution in [2.75, 3.05) is 12.8 Å². The normalized spacial score (nSPS) is 14.6. The van der Waals surface area contributed by atoms with Crippen LogP contribution in [0.4, 0.5) is 26.3 Å². The van der Waals surface area contributed by atoms with Crippen LogP contribution in [0.3, 0.4) is 0 Å². The average molecular weight is 483 g/mol. The van der Waals surface area contributed by atoms with Gasteiger partial charge in [-0.25, -0.2) is 4.18 Å². The van der Waals surface area contributed by atoms with Crippen molar-refractivity contribution in [2.45, 2.75) is 31.3 Å². The van der Waals surface area contributed by atoms with Crippen molar-refractivity contribution in [3.8, 4) is 0 Å². The molecule has 0 aromatic heterocycles. The van der Waals surface area contributed by atoms with E-state index in [0.717, 1.165) is 6.26 Å². The molecule has 0 heterocycles. The van der Waals surface area contributed by atoms with E-state index in [-0.39, 0.29) is 30.2 Å². The number of benzene rings is 2. The summed E-state index contributed by atoms with van der Waals surface area (Å²) >= 11 is 0. The first-order valence-electron chi connectivity index (χ1n) is 9.05. The molecule has 1 amide bonds. The number of alkyl halides is 6. The molecule has 0 radical (unpaired) electrons. The maximum atomic E-state index is 13.0. The van der Waals surface area contributed by atoms with Crippen molar-refractivity contribution in [3.05, 3.63) is 70.8 Å². The highest BCUT2D eigenvalue weighted by molar-refractivity contribution is 7.86. The van der Waals surface area contributed by atoms with Gasteiger partial charge in [-0.3, -0.25) is 4.79 Å². The van der Waals surface area contributed by atoms with E-state index in [1.165, 1.54) is 31.2 Å². The number of nitrogens with one attached hydrogen (secondary N) is 1. The van der Waals surface area contributed by atoms with Crippen LogP contribution < -0.4 is 5.32 Å². The van der Waals surface area contributed by atoms with Gasteiger partial charge >= 0.3 is 12.4 Å². The molecule has 0 saturated carbocycles. The Balaban J connectivity index is 2.25. The molecule has 1 atom stereocenters. The van der Waals surface area contributed by atoms with Gasteiger partial charge in [0.15, 0.2) is 5.60 Å². The molecule has 0 fully saturated rings. The van der Waals surface area contributed by atoms with Crippen LogP contribution in [0.15, 0.2) is 48.5 Å². The summed E-state index contributed by atoms with van der Waals surface area (Å²) < 4.78 is 106. The maximum Gasteiger partial charge on any atom is 0.416 e. The van der Waals surface area contributed by atoms with Crippen LogP contribution in [-0.2, 0) is 43.5 Å². The third-order valence-electron chi connectivity index (χ3n) is 4.42. The standard InChI is InChI=1S/C20H19F6NO4S/c1-18(31-32(2,29)30,14-6-4-3-5-7-14)17(28)27-9-8-13-10-15(19(21,22)23)12-16(11-13)20(24,25)26/h3-7,10-12H,8-9H2,1-2H3,(H,27,28). The highest BCUT2D eigenvalue weighted by Gasteiger charge is 2.40. The minimum atomic E-state index is -4.99. The monoisotopic (exact) mass is 483 g/mol. The van der Waals surface area contributed by atoms with Gasteiger partial charge in [0.05, 0.1) is 17.4 Å². The molecule has 2 aromatic rings. The summed E-state index contributed by atoms with van der Waals surface area (Å²) in [6.45, 7) is 0.817. The summed E-state index contributed by atoms with van der Waals surface area (Å²) in [7, 11) is -4.11. The number of hydrogen-bond donors (Lipinski definition) is 1. The zero-order chi connectivity index (χ0) is 24.4. The largest absolute Gasteiger partial charge is 0.416 e. The van der Waals surface area contributed by atoms with Gasteiger partial charge in [-0.1, -0.05) is 30.3 Å². The zero-order valence-electron chi connectivity index (χ0n) is 16.8. The fraction of sp³-hybridized carbons (Fsp3) is 0.350. The van der Waals surface area contributed by atoms with Crippen molar-refractivity contribution < 1.29 is 43.7 Å². The molecule has 0 aliphatic heterocycles. The van der Waals surface area contributed by atoms with Gasteiger partial charge in [0.2, 0.25) is 0 Å². The quantitative estimate of drug-likeness (QED) is 0.472. The number of rotatable bonds is 7. The van der Waals surface area contributed by atoms with Gasteiger partial charge in [0, 0.05) is 6.54 Å². The minimum Gasteiger partial charge on any atom is -0.353 e. The Labute approximate surface area is 180 Å². The second kappa shape index (κ2) is 9.10. The lowest BCUT2D eigenvalue weighted by atomic mass is 9.95. The lowest BCUT2D eigenvalue weighted by molar-refractivity contribution is -0.143. The van der Waals surface area contributed by atoms with Crippen LogP contribution >= 0.6 is 0 Å². The molecule has 2 rings (SSSR count). The van der Waals surface area contributed by atoms with Crippen molar-refractivity contribution in [3.63, 3.8) is 0 Å². The highest BCUT2D eigenvalue weighted by atomic mass is 32.2. The molecule has 0 bridgehead atoms. The Kier molecular flexibility index (Phi) is 7.30. The van der Waals surface area contributed by atoms with Gasteiger partial charge < -0.3 is 5.32 Å². The fourth-order valence-corrected chi connectivity index (χ4v) is 3.71. The van der Waals surface area contributed by atoms with Crippen molar-refractivity contribution in [1.29, 1.82) is 0 Å². The first-order chi connectivity index (χ1) is 14.5. The first kappa shape index (κ1) is 25.7. The third-order valence-corrected chi connectivity index (χ3v) is 5.06. The van der Waals surface area contributed by atoms with Gasteiger partial charge in [0.1, 0.15) is 0 Å². The average Bonchev–Trinajstić information content (AvgIpc) is 2.65. The number of hydrogen-bond acceptors (Lipinski definition) is 4. The van der Waals surface area contributed by atoms with Gasteiger partial charge in [0.25, 0.3) is 16.0 Å². The Morgan fingerprint density at radius 2 is 1.41 bits per heavy atom. The molecule has 0 spiro atoms. The number of carbonyl (C=O) groups is 1. The molecular formula is C20H19F6NO4S. The van der Waals surface area contributed by atoms with Gasteiger partial charge in [-0.2, -0.15) is 34.8 Å².